The molecule has 0 unspecified atom stereocenters. The van der Waals surface area contributed by atoms with E-state index < -0.39 is 0 Å². The van der Waals surface area contributed by atoms with Crippen LogP contribution in [-0.4, -0.2) is 56.8 Å². The Morgan fingerprint density at radius 1 is 1.21 bits per heavy atom. The lowest BCUT2D eigenvalue weighted by atomic mass is 9.57. The highest BCUT2D eigenvalue weighted by atomic mass is 16.3. The topological polar surface area (TPSA) is 111 Å². The number of likely N-dealkylation sites (tertiary alicyclic amines) is 1. The third kappa shape index (κ3) is 5.90. The number of amides is 1. The van der Waals surface area contributed by atoms with Crippen LogP contribution >= 0.6 is 0 Å². The average Bonchev–Trinajstić information content (AvgIpc) is 3.35. The van der Waals surface area contributed by atoms with Crippen LogP contribution in [0.1, 0.15) is 76.6 Å². The van der Waals surface area contributed by atoms with Crippen LogP contribution in [0.2, 0.25) is 0 Å². The number of benzene rings is 1. The van der Waals surface area contributed by atoms with Crippen molar-refractivity contribution in [2.45, 2.75) is 70.8 Å². The van der Waals surface area contributed by atoms with Crippen molar-refractivity contribution >= 4 is 22.6 Å². The lowest BCUT2D eigenvalue weighted by molar-refractivity contribution is -0.129. The summed E-state index contributed by atoms with van der Waals surface area (Å²) in [7, 11) is 2.15. The molecule has 202 valence electrons. The van der Waals surface area contributed by atoms with E-state index in [1.165, 1.54) is 0 Å². The van der Waals surface area contributed by atoms with Crippen molar-refractivity contribution < 1.29 is 14.7 Å². The molecule has 1 saturated heterocycles. The van der Waals surface area contributed by atoms with Crippen molar-refractivity contribution in [3.63, 3.8) is 0 Å². The molecule has 1 aliphatic heterocycles. The summed E-state index contributed by atoms with van der Waals surface area (Å²) in [6.45, 7) is 4.21. The van der Waals surface area contributed by atoms with Crippen LogP contribution in [0.4, 0.5) is 0 Å². The second-order valence-corrected chi connectivity index (χ2v) is 11.5. The van der Waals surface area contributed by atoms with Crippen molar-refractivity contribution in [1.82, 2.24) is 25.2 Å². The molecule has 3 heterocycles. The number of carbonyl (C=O) groups excluding carboxylic acids is 2. The lowest BCUT2D eigenvalue weighted by Gasteiger charge is -2.58. The van der Waals surface area contributed by atoms with Crippen LogP contribution in [0.25, 0.3) is 22.2 Å². The van der Waals surface area contributed by atoms with Crippen molar-refractivity contribution in [2.75, 3.05) is 20.1 Å². The Morgan fingerprint density at radius 2 is 2.00 bits per heavy atom. The Morgan fingerprint density at radius 3 is 2.76 bits per heavy atom. The van der Waals surface area contributed by atoms with Gasteiger partial charge in [-0.05, 0) is 56.2 Å². The Bertz CT molecular complexity index is 1290. The number of para-hydroxylation sites is 1. The van der Waals surface area contributed by atoms with Crippen molar-refractivity contribution in [2.24, 2.45) is 11.3 Å². The standard InChI is InChI=1S/C30H39N5O3/c1-3-22(36)10-5-4-6-12-25(32-27(37)13-20-15-30(16-20)18-35(2)19-30)28-31-17-26(33-28)23-14-21-9-7-8-11-24(21)34-29(23)38/h7-9,11,14,17,20,25H,3-6,10,12-13,15-16,18-19H2,1-2H3,(H,31,33)(H,32,37)(H,34,38)/t25-/m0/s1. The molecule has 1 atom stereocenters. The largest absolute Gasteiger partial charge is 0.493 e. The number of hydrogen-bond acceptors (Lipinski definition) is 6. The number of nitrogens with zero attached hydrogens (tertiary/aromatic N) is 3. The van der Waals surface area contributed by atoms with Crippen LogP contribution in [0.15, 0.2) is 36.5 Å². The number of carbonyl (C=O) groups is 2. The van der Waals surface area contributed by atoms with Crippen LogP contribution in [0, 0.1) is 11.3 Å². The van der Waals surface area contributed by atoms with E-state index in [1.807, 2.05) is 37.3 Å². The minimum Gasteiger partial charge on any atom is -0.493 e. The van der Waals surface area contributed by atoms with Gasteiger partial charge in [-0.25, -0.2) is 9.97 Å². The molecule has 2 aromatic heterocycles. The van der Waals surface area contributed by atoms with E-state index in [1.54, 1.807) is 6.20 Å². The molecule has 5 rings (SSSR count). The molecule has 38 heavy (non-hydrogen) atoms. The molecule has 2 aliphatic rings. The number of nitrogens with one attached hydrogen (secondary N) is 2. The molecule has 8 heteroatoms. The average molecular weight is 518 g/mol. The number of unbranched alkanes of at least 4 members (excludes halogenated alkanes) is 2. The molecule has 3 N–H and O–H groups in total. The first-order valence-corrected chi connectivity index (χ1v) is 14.0. The van der Waals surface area contributed by atoms with E-state index >= 15 is 0 Å². The molecule has 1 amide bonds. The van der Waals surface area contributed by atoms with E-state index in [4.69, 9.17) is 0 Å². The monoisotopic (exact) mass is 517 g/mol. The number of aromatic hydroxyl groups is 1. The minimum absolute atomic E-state index is 0.0550. The third-order valence-corrected chi connectivity index (χ3v) is 8.23. The number of fused-ring (bicyclic) bond motifs is 1. The van der Waals surface area contributed by atoms with Crippen LogP contribution in [0.3, 0.4) is 0 Å². The first-order valence-electron chi connectivity index (χ1n) is 14.0. The molecule has 1 spiro atoms. The molecule has 1 aliphatic carbocycles. The SMILES string of the molecule is CCC(=O)CCCCC[C@H](NC(=O)CC1CC2(C1)CN(C)C2)c1ncc(-c2cc3ccccc3nc2O)[nH]1. The summed E-state index contributed by atoms with van der Waals surface area (Å²) in [6, 6.07) is 9.30. The molecule has 0 bridgehead atoms. The van der Waals surface area contributed by atoms with E-state index in [0.717, 1.165) is 62.5 Å². The van der Waals surface area contributed by atoms with Gasteiger partial charge in [-0.3, -0.25) is 9.59 Å². The number of aromatic nitrogens is 3. The molecular weight excluding hydrogens is 478 g/mol. The van der Waals surface area contributed by atoms with Gasteiger partial charge in [-0.15, -0.1) is 0 Å². The van der Waals surface area contributed by atoms with Gasteiger partial charge in [0.1, 0.15) is 11.6 Å². The van der Waals surface area contributed by atoms with Gasteiger partial charge in [-0.2, -0.15) is 0 Å². The summed E-state index contributed by atoms with van der Waals surface area (Å²) in [4.78, 5) is 39.3. The summed E-state index contributed by atoms with van der Waals surface area (Å²) in [6.07, 6.45) is 9.15. The maximum Gasteiger partial charge on any atom is 0.221 e. The van der Waals surface area contributed by atoms with Gasteiger partial charge in [0, 0.05) is 37.7 Å². The van der Waals surface area contributed by atoms with Gasteiger partial charge in [-0.1, -0.05) is 38.0 Å². The van der Waals surface area contributed by atoms with Crippen molar-refractivity contribution in [1.29, 1.82) is 0 Å². The predicted octanol–water partition coefficient (Wildman–Crippen LogP) is 5.15. The summed E-state index contributed by atoms with van der Waals surface area (Å²) < 4.78 is 0. The second kappa shape index (κ2) is 11.2. The number of rotatable bonds is 12. The van der Waals surface area contributed by atoms with Gasteiger partial charge in [0.05, 0.1) is 29.0 Å². The summed E-state index contributed by atoms with van der Waals surface area (Å²) in [5.74, 6) is 1.44. The molecular formula is C30H39N5O3. The van der Waals surface area contributed by atoms with E-state index in [2.05, 4.69) is 32.2 Å². The van der Waals surface area contributed by atoms with Gasteiger partial charge in [0.2, 0.25) is 11.8 Å². The third-order valence-electron chi connectivity index (χ3n) is 8.23. The highest BCUT2D eigenvalue weighted by Crippen LogP contribution is 2.52. The van der Waals surface area contributed by atoms with Crippen LogP contribution in [0.5, 0.6) is 5.88 Å². The van der Waals surface area contributed by atoms with Crippen LogP contribution in [-0.2, 0) is 9.59 Å². The first kappa shape index (κ1) is 26.4. The predicted molar refractivity (Wildman–Crippen MR) is 148 cm³/mol. The van der Waals surface area contributed by atoms with Crippen molar-refractivity contribution in [3.05, 3.63) is 42.4 Å². The summed E-state index contributed by atoms with van der Waals surface area (Å²) >= 11 is 0. The number of imidazole rings is 1. The zero-order valence-electron chi connectivity index (χ0n) is 22.5. The smallest absolute Gasteiger partial charge is 0.221 e. The lowest BCUT2D eigenvalue weighted by Crippen LogP contribution is -2.61. The maximum absolute atomic E-state index is 13.0. The first-order chi connectivity index (χ1) is 18.3. The van der Waals surface area contributed by atoms with E-state index in [0.29, 0.717) is 53.5 Å². The number of pyridine rings is 1. The highest BCUT2D eigenvalue weighted by Gasteiger charge is 2.51. The quantitative estimate of drug-likeness (QED) is 0.287. The number of ketones is 1. The Kier molecular flexibility index (Phi) is 7.79. The van der Waals surface area contributed by atoms with Gasteiger partial charge < -0.3 is 20.3 Å². The van der Waals surface area contributed by atoms with Crippen LogP contribution < -0.4 is 5.32 Å². The fourth-order valence-corrected chi connectivity index (χ4v) is 6.44. The molecule has 2 fully saturated rings. The van der Waals surface area contributed by atoms with Gasteiger partial charge in [0.25, 0.3) is 0 Å². The number of aromatic amines is 1. The summed E-state index contributed by atoms with van der Waals surface area (Å²) in [5.41, 5.74) is 2.43. The highest BCUT2D eigenvalue weighted by molar-refractivity contribution is 5.85. The molecule has 0 radical (unpaired) electrons. The van der Waals surface area contributed by atoms with Gasteiger partial charge in [0.15, 0.2) is 0 Å². The Labute approximate surface area is 224 Å². The number of H-pyrrole nitrogens is 1. The summed E-state index contributed by atoms with van der Waals surface area (Å²) in [5, 5.41) is 14.7. The molecule has 1 saturated carbocycles. The van der Waals surface area contributed by atoms with Gasteiger partial charge >= 0.3 is 0 Å². The fraction of sp³-hybridized carbons (Fsp3) is 0.533. The normalized spacial score (nSPS) is 17.7. The van der Waals surface area contributed by atoms with E-state index in [9.17, 15) is 14.7 Å². The second-order valence-electron chi connectivity index (χ2n) is 11.5. The van der Waals surface area contributed by atoms with Crippen molar-refractivity contribution in [3.8, 4) is 17.1 Å². The number of hydrogen-bond donors (Lipinski definition) is 3. The maximum atomic E-state index is 13.0. The zero-order chi connectivity index (χ0) is 26.7. The molecule has 1 aromatic carbocycles. The zero-order valence-corrected chi connectivity index (χ0v) is 22.5. The Balaban J connectivity index is 1.25. The fourth-order valence-electron chi connectivity index (χ4n) is 6.44. The number of Topliss-reactive ketones (excluding diaryl/α,β-unsaturated/α-hetero) is 1. The molecule has 8 nitrogen and oxygen atoms in total. The van der Waals surface area contributed by atoms with E-state index in [-0.39, 0.29) is 17.8 Å². The minimum atomic E-state index is -0.252. The molecule has 3 aromatic rings. The Hall–Kier alpha value is -3.26.